The van der Waals surface area contributed by atoms with Crippen molar-refractivity contribution in [1.82, 2.24) is 10.2 Å². The van der Waals surface area contributed by atoms with Crippen LogP contribution in [0.1, 0.15) is 25.3 Å². The molecular formula is C16H21N3O4. The molecule has 2 rings (SSSR count). The lowest BCUT2D eigenvalue weighted by Gasteiger charge is -2.25. The Morgan fingerprint density at radius 2 is 2.04 bits per heavy atom. The van der Waals surface area contributed by atoms with Crippen molar-refractivity contribution in [3.05, 3.63) is 35.9 Å². The van der Waals surface area contributed by atoms with Crippen molar-refractivity contribution in [2.75, 3.05) is 6.54 Å². The highest BCUT2D eigenvalue weighted by atomic mass is 16.5. The largest absolute Gasteiger partial charge is 0.445 e. The summed E-state index contributed by atoms with van der Waals surface area (Å²) in [6.45, 7) is 2.15. The van der Waals surface area contributed by atoms with E-state index in [0.29, 0.717) is 13.0 Å². The van der Waals surface area contributed by atoms with Gasteiger partial charge in [-0.25, -0.2) is 4.79 Å². The summed E-state index contributed by atoms with van der Waals surface area (Å²) < 4.78 is 5.07. The van der Waals surface area contributed by atoms with Crippen LogP contribution in [0.2, 0.25) is 0 Å². The van der Waals surface area contributed by atoms with E-state index in [4.69, 9.17) is 10.5 Å². The lowest BCUT2D eigenvalue weighted by molar-refractivity contribution is -0.138. The maximum Gasteiger partial charge on any atom is 0.408 e. The van der Waals surface area contributed by atoms with E-state index in [1.54, 1.807) is 6.92 Å². The number of alkyl carbamates (subject to hydrolysis) is 1. The molecule has 1 heterocycles. The Hall–Kier alpha value is -2.57. The Bertz CT molecular complexity index is 576. The zero-order chi connectivity index (χ0) is 16.8. The summed E-state index contributed by atoms with van der Waals surface area (Å²) in [5, 5.41) is 2.48. The number of hydrogen-bond donors (Lipinski definition) is 2. The van der Waals surface area contributed by atoms with Gasteiger partial charge in [-0.15, -0.1) is 0 Å². The van der Waals surface area contributed by atoms with Crippen molar-refractivity contribution < 1.29 is 19.1 Å². The van der Waals surface area contributed by atoms with Crippen molar-refractivity contribution in [3.8, 4) is 0 Å². The average Bonchev–Trinajstić information content (AvgIpc) is 3.03. The molecule has 1 aliphatic heterocycles. The third kappa shape index (κ3) is 4.45. The molecule has 124 valence electrons. The van der Waals surface area contributed by atoms with E-state index in [2.05, 4.69) is 5.32 Å². The summed E-state index contributed by atoms with van der Waals surface area (Å²) in [7, 11) is 0. The van der Waals surface area contributed by atoms with Gasteiger partial charge in [0.05, 0.1) is 0 Å². The molecule has 1 aromatic carbocycles. The molecule has 0 aromatic heterocycles. The molecule has 1 fully saturated rings. The van der Waals surface area contributed by atoms with Crippen molar-refractivity contribution in [2.45, 2.75) is 38.5 Å². The number of ether oxygens (including phenoxy) is 1. The van der Waals surface area contributed by atoms with E-state index in [9.17, 15) is 14.4 Å². The van der Waals surface area contributed by atoms with E-state index in [0.717, 1.165) is 12.0 Å². The fourth-order valence-electron chi connectivity index (χ4n) is 2.58. The molecule has 0 aliphatic carbocycles. The third-order valence-electron chi connectivity index (χ3n) is 3.78. The number of nitrogens with zero attached hydrogens (tertiary/aromatic N) is 1. The van der Waals surface area contributed by atoms with Gasteiger partial charge in [0.1, 0.15) is 18.7 Å². The highest BCUT2D eigenvalue weighted by Gasteiger charge is 2.35. The zero-order valence-corrected chi connectivity index (χ0v) is 13.0. The first-order valence-corrected chi connectivity index (χ1v) is 7.56. The lowest BCUT2D eigenvalue weighted by Crippen LogP contribution is -2.51. The molecule has 0 spiro atoms. The van der Waals surface area contributed by atoms with E-state index < -0.39 is 24.1 Å². The van der Waals surface area contributed by atoms with Crippen LogP contribution < -0.4 is 11.1 Å². The second kappa shape index (κ2) is 7.62. The number of amides is 3. The van der Waals surface area contributed by atoms with Crippen molar-refractivity contribution in [1.29, 1.82) is 0 Å². The molecule has 7 nitrogen and oxygen atoms in total. The number of hydrogen-bond acceptors (Lipinski definition) is 4. The molecule has 0 saturated carbocycles. The standard InChI is InChI=1S/C16H21N3O4/c1-11(15(21)19-9-5-8-13(19)14(17)20)18-16(22)23-10-12-6-3-2-4-7-12/h2-4,6-7,11,13H,5,8-10H2,1H3,(H2,17,20)(H,18,22). The molecule has 3 amide bonds. The van der Waals surface area contributed by atoms with Crippen LogP contribution in [0.15, 0.2) is 30.3 Å². The molecule has 2 unspecified atom stereocenters. The van der Waals surface area contributed by atoms with Gasteiger partial charge in [-0.05, 0) is 25.3 Å². The van der Waals surface area contributed by atoms with E-state index in [1.165, 1.54) is 4.90 Å². The van der Waals surface area contributed by atoms with E-state index in [1.807, 2.05) is 30.3 Å². The topological polar surface area (TPSA) is 102 Å². The predicted molar refractivity (Wildman–Crippen MR) is 83.2 cm³/mol. The minimum absolute atomic E-state index is 0.126. The maximum atomic E-state index is 12.3. The minimum Gasteiger partial charge on any atom is -0.445 e. The molecule has 1 aromatic rings. The number of primary amides is 1. The Morgan fingerprint density at radius 1 is 1.35 bits per heavy atom. The fourth-order valence-corrected chi connectivity index (χ4v) is 2.58. The van der Waals surface area contributed by atoms with Gasteiger partial charge in [0.25, 0.3) is 0 Å². The molecule has 0 bridgehead atoms. The molecule has 23 heavy (non-hydrogen) atoms. The summed E-state index contributed by atoms with van der Waals surface area (Å²) in [6, 6.07) is 7.87. The van der Waals surface area contributed by atoms with Gasteiger partial charge >= 0.3 is 6.09 Å². The van der Waals surface area contributed by atoms with Crippen LogP contribution in [0, 0.1) is 0 Å². The number of likely N-dealkylation sites (tertiary alicyclic amines) is 1. The molecule has 0 radical (unpaired) electrons. The zero-order valence-electron chi connectivity index (χ0n) is 13.0. The predicted octanol–water partition coefficient (Wildman–Crippen LogP) is 0.778. The summed E-state index contributed by atoms with van der Waals surface area (Å²) in [5.74, 6) is -0.849. The highest BCUT2D eigenvalue weighted by molar-refractivity contribution is 5.91. The normalized spacial score (nSPS) is 18.3. The summed E-state index contributed by atoms with van der Waals surface area (Å²) in [4.78, 5) is 36.8. The number of carbonyl (C=O) groups excluding carboxylic acids is 3. The average molecular weight is 319 g/mol. The first-order valence-electron chi connectivity index (χ1n) is 7.56. The summed E-state index contributed by atoms with van der Waals surface area (Å²) in [5.41, 5.74) is 6.15. The Labute approximate surface area is 134 Å². The van der Waals surface area contributed by atoms with Crippen molar-refractivity contribution in [2.24, 2.45) is 5.73 Å². The molecule has 7 heteroatoms. The maximum absolute atomic E-state index is 12.3. The molecule has 3 N–H and O–H groups in total. The van der Waals surface area contributed by atoms with Crippen LogP contribution in [0.5, 0.6) is 0 Å². The summed E-state index contributed by atoms with van der Waals surface area (Å²) >= 11 is 0. The number of rotatable bonds is 5. The van der Waals surface area contributed by atoms with Crippen LogP contribution in [-0.2, 0) is 20.9 Å². The smallest absolute Gasteiger partial charge is 0.408 e. The number of nitrogens with one attached hydrogen (secondary N) is 1. The second-order valence-corrected chi connectivity index (χ2v) is 5.52. The van der Waals surface area contributed by atoms with Crippen molar-refractivity contribution in [3.63, 3.8) is 0 Å². The monoisotopic (exact) mass is 319 g/mol. The van der Waals surface area contributed by atoms with Gasteiger partial charge < -0.3 is 20.7 Å². The van der Waals surface area contributed by atoms with Gasteiger partial charge in [-0.2, -0.15) is 0 Å². The molecule has 1 aliphatic rings. The Balaban J connectivity index is 1.83. The minimum atomic E-state index is -0.779. The number of benzene rings is 1. The first kappa shape index (κ1) is 16.8. The van der Waals surface area contributed by atoms with Gasteiger partial charge in [-0.3, -0.25) is 9.59 Å². The van der Waals surface area contributed by atoms with Gasteiger partial charge in [0, 0.05) is 6.54 Å². The van der Waals surface area contributed by atoms with Crippen LogP contribution in [0.25, 0.3) is 0 Å². The molecular weight excluding hydrogens is 298 g/mol. The van der Waals surface area contributed by atoms with Crippen LogP contribution in [0.3, 0.4) is 0 Å². The van der Waals surface area contributed by atoms with Gasteiger partial charge in [0.2, 0.25) is 11.8 Å². The summed E-state index contributed by atoms with van der Waals surface area (Å²) in [6.07, 6.45) is 0.612. The Morgan fingerprint density at radius 3 is 2.70 bits per heavy atom. The quantitative estimate of drug-likeness (QED) is 0.837. The molecule has 2 atom stereocenters. The number of nitrogens with two attached hydrogens (primary N) is 1. The SMILES string of the molecule is CC(NC(=O)OCc1ccccc1)C(=O)N1CCCC1C(N)=O. The van der Waals surface area contributed by atoms with E-state index >= 15 is 0 Å². The van der Waals surface area contributed by atoms with Crippen molar-refractivity contribution >= 4 is 17.9 Å². The third-order valence-corrected chi connectivity index (χ3v) is 3.78. The number of carbonyl (C=O) groups is 3. The second-order valence-electron chi connectivity index (χ2n) is 5.52. The van der Waals surface area contributed by atoms with Gasteiger partial charge in [0.15, 0.2) is 0 Å². The molecule has 1 saturated heterocycles. The van der Waals surface area contributed by atoms with Gasteiger partial charge in [-0.1, -0.05) is 30.3 Å². The van der Waals surface area contributed by atoms with Crippen LogP contribution in [-0.4, -0.2) is 41.4 Å². The fraction of sp³-hybridized carbons (Fsp3) is 0.438. The van der Waals surface area contributed by atoms with Crippen LogP contribution in [0.4, 0.5) is 4.79 Å². The van der Waals surface area contributed by atoms with Crippen LogP contribution >= 0.6 is 0 Å². The highest BCUT2D eigenvalue weighted by Crippen LogP contribution is 2.17. The Kier molecular flexibility index (Phi) is 5.56. The van der Waals surface area contributed by atoms with E-state index in [-0.39, 0.29) is 12.5 Å². The lowest BCUT2D eigenvalue weighted by atomic mass is 10.2. The first-order chi connectivity index (χ1) is 11.0.